The molecule has 0 radical (unpaired) electrons. The summed E-state index contributed by atoms with van der Waals surface area (Å²) in [4.78, 5) is 57.3. The number of ether oxygens (including phenoxy) is 1. The van der Waals surface area contributed by atoms with Crippen LogP contribution in [-0.4, -0.2) is 83.7 Å². The molecule has 1 saturated heterocycles. The second kappa shape index (κ2) is 13.6. The van der Waals surface area contributed by atoms with Gasteiger partial charge in [-0.15, -0.1) is 5.10 Å². The number of fused-ring (bicyclic) bond motifs is 2. The lowest BCUT2D eigenvalue weighted by molar-refractivity contribution is -0.137. The zero-order chi connectivity index (χ0) is 38.7. The average Bonchev–Trinajstić information content (AvgIpc) is 3.72. The van der Waals surface area contributed by atoms with E-state index in [0.29, 0.717) is 17.9 Å². The fourth-order valence-electron chi connectivity index (χ4n) is 6.74. The molecule has 0 bridgehead atoms. The second-order valence-electron chi connectivity index (χ2n) is 13.7. The molecule has 18 heteroatoms. The highest BCUT2D eigenvalue weighted by atomic mass is 35.5. The minimum Gasteiger partial charge on any atom is -0.504 e. The number of carbonyl (C=O) groups is 2. The number of halogens is 4. The van der Waals surface area contributed by atoms with Gasteiger partial charge in [-0.2, -0.15) is 22.7 Å². The molecule has 1 fully saturated rings. The van der Waals surface area contributed by atoms with Crippen molar-refractivity contribution in [1.82, 2.24) is 34.0 Å². The maximum atomic E-state index is 14.4. The summed E-state index contributed by atoms with van der Waals surface area (Å²) in [5, 5.41) is 17.3. The first-order valence-corrected chi connectivity index (χ1v) is 17.5. The van der Waals surface area contributed by atoms with E-state index in [0.717, 1.165) is 34.0 Å². The summed E-state index contributed by atoms with van der Waals surface area (Å²) >= 11 is 6.15. The number of aromatic hydroxyl groups is 1. The van der Waals surface area contributed by atoms with Crippen molar-refractivity contribution in [3.63, 3.8) is 0 Å². The predicted octanol–water partition coefficient (Wildman–Crippen LogP) is 4.87. The molecular formula is C36H35ClF3N9O5. The quantitative estimate of drug-likeness (QED) is 0.234. The van der Waals surface area contributed by atoms with E-state index in [9.17, 15) is 32.7 Å². The van der Waals surface area contributed by atoms with Gasteiger partial charge in [0.15, 0.2) is 17.3 Å². The minimum atomic E-state index is -4.62. The summed E-state index contributed by atoms with van der Waals surface area (Å²) in [7, 11) is 0. The van der Waals surface area contributed by atoms with Crippen molar-refractivity contribution in [1.29, 1.82) is 0 Å². The summed E-state index contributed by atoms with van der Waals surface area (Å²) in [6, 6.07) is 8.16. The van der Waals surface area contributed by atoms with E-state index in [1.807, 2.05) is 24.0 Å². The molecule has 3 aromatic heterocycles. The van der Waals surface area contributed by atoms with E-state index >= 15 is 0 Å². The highest BCUT2D eigenvalue weighted by Crippen LogP contribution is 2.40. The van der Waals surface area contributed by atoms with Crippen LogP contribution in [0.15, 0.2) is 47.5 Å². The molecule has 14 nitrogen and oxygen atoms in total. The van der Waals surface area contributed by atoms with Crippen LogP contribution in [0.1, 0.15) is 53.8 Å². The third-order valence-electron chi connectivity index (χ3n) is 9.68. The van der Waals surface area contributed by atoms with Crippen LogP contribution in [-0.2, 0) is 29.4 Å². The van der Waals surface area contributed by atoms with Crippen LogP contribution in [0.2, 0.25) is 5.02 Å². The minimum absolute atomic E-state index is 0.0270. The number of nitrogens with one attached hydrogen (secondary N) is 1. The maximum Gasteiger partial charge on any atom is 0.416 e. The number of alkyl halides is 3. The number of amides is 2. The normalized spacial score (nSPS) is 15.3. The van der Waals surface area contributed by atoms with E-state index in [1.54, 1.807) is 17.6 Å². The van der Waals surface area contributed by atoms with Gasteiger partial charge in [0.25, 0.3) is 11.5 Å². The van der Waals surface area contributed by atoms with Crippen molar-refractivity contribution in [2.24, 2.45) is 0 Å². The van der Waals surface area contributed by atoms with E-state index in [4.69, 9.17) is 21.3 Å². The summed E-state index contributed by atoms with van der Waals surface area (Å²) in [5.41, 5.74) is 0.666. The summed E-state index contributed by atoms with van der Waals surface area (Å²) in [6.07, 6.45) is -3.15. The van der Waals surface area contributed by atoms with Crippen molar-refractivity contribution in [3.8, 4) is 22.9 Å². The monoisotopic (exact) mass is 765 g/mol. The molecule has 0 unspecified atom stereocenters. The van der Waals surface area contributed by atoms with Crippen molar-refractivity contribution in [3.05, 3.63) is 86.3 Å². The van der Waals surface area contributed by atoms with Gasteiger partial charge in [-0.1, -0.05) is 32.4 Å². The molecular weight excluding hydrogens is 731 g/mol. The molecule has 2 aliphatic heterocycles. The Kier molecular flexibility index (Phi) is 9.23. The highest BCUT2D eigenvalue weighted by Gasteiger charge is 2.34. The SMILES string of the molecule is CCc1c(N2CCN(C(=O)c3ncnc(C)c3O)CC2)c(=O)n2nc(-c3ccc4c(c3)C(C)(C)CO4)nc2n1CC(=O)Nc1ccc(C(F)(F)F)cc1Cl. The number of hydrogen-bond acceptors (Lipinski definition) is 10. The number of anilines is 2. The largest absolute Gasteiger partial charge is 0.504 e. The van der Waals surface area contributed by atoms with Crippen molar-refractivity contribution >= 4 is 40.6 Å². The fraction of sp³-hybridized carbons (Fsp3) is 0.361. The molecule has 0 spiro atoms. The molecule has 5 heterocycles. The summed E-state index contributed by atoms with van der Waals surface area (Å²) in [5.74, 6) is -0.383. The summed E-state index contributed by atoms with van der Waals surface area (Å²) in [6.45, 7) is 8.39. The Balaban J connectivity index is 1.27. The molecule has 7 rings (SSSR count). The Bertz CT molecular complexity index is 2390. The summed E-state index contributed by atoms with van der Waals surface area (Å²) < 4.78 is 48.3. The number of benzene rings is 2. The third kappa shape index (κ3) is 6.56. The van der Waals surface area contributed by atoms with Crippen molar-refractivity contribution in [2.75, 3.05) is 43.0 Å². The zero-order valence-electron chi connectivity index (χ0n) is 29.7. The molecule has 2 aliphatic rings. The van der Waals surface area contributed by atoms with E-state index < -0.39 is 35.7 Å². The smallest absolute Gasteiger partial charge is 0.416 e. The standard InChI is InChI=1S/C36H35ClF3N9O5/c1-5-25-29(46-10-12-47(13-11-46)32(52)28-30(51)19(2)41-18-42-28)33(53)49-34(44-31(45-49)20-6-9-26-22(14-20)35(3,4)17-54-26)48(25)16-27(50)43-24-8-7-21(15-23(24)37)36(38,39)40/h6-9,14-15,18,51H,5,10-13,16-17H2,1-4H3,(H,43,50). The molecule has 54 heavy (non-hydrogen) atoms. The Hall–Kier alpha value is -5.71. The van der Waals surface area contributed by atoms with Crippen LogP contribution in [0.4, 0.5) is 24.5 Å². The fourth-order valence-corrected chi connectivity index (χ4v) is 6.97. The van der Waals surface area contributed by atoms with Crippen LogP contribution >= 0.6 is 11.6 Å². The van der Waals surface area contributed by atoms with Crippen molar-refractivity contribution < 1.29 is 32.6 Å². The van der Waals surface area contributed by atoms with Gasteiger partial charge in [-0.05, 0) is 49.7 Å². The van der Waals surface area contributed by atoms with Gasteiger partial charge in [-0.3, -0.25) is 14.4 Å². The number of rotatable bonds is 7. The molecule has 2 amide bonds. The maximum absolute atomic E-state index is 14.4. The number of piperazine rings is 1. The van der Waals surface area contributed by atoms with Gasteiger partial charge in [0.05, 0.1) is 34.3 Å². The zero-order valence-corrected chi connectivity index (χ0v) is 30.4. The van der Waals surface area contributed by atoms with Gasteiger partial charge in [0.2, 0.25) is 11.7 Å². The lowest BCUT2D eigenvalue weighted by Crippen LogP contribution is -2.51. The molecule has 5 aromatic rings. The highest BCUT2D eigenvalue weighted by molar-refractivity contribution is 6.33. The van der Waals surface area contributed by atoms with Gasteiger partial charge in [-0.25, -0.2) is 9.97 Å². The first-order valence-electron chi connectivity index (χ1n) is 17.1. The van der Waals surface area contributed by atoms with Crippen LogP contribution in [0.5, 0.6) is 11.5 Å². The predicted molar refractivity (Wildman–Crippen MR) is 192 cm³/mol. The Morgan fingerprint density at radius 1 is 1.07 bits per heavy atom. The Morgan fingerprint density at radius 2 is 1.81 bits per heavy atom. The van der Waals surface area contributed by atoms with E-state index in [1.165, 1.54) is 11.2 Å². The van der Waals surface area contributed by atoms with Gasteiger partial charge in [0.1, 0.15) is 24.3 Å². The number of hydrogen-bond donors (Lipinski definition) is 2. The average molecular weight is 766 g/mol. The van der Waals surface area contributed by atoms with Gasteiger partial charge < -0.3 is 29.5 Å². The molecule has 2 N–H and O–H groups in total. The first-order chi connectivity index (χ1) is 25.6. The number of aromatic nitrogens is 6. The third-order valence-corrected chi connectivity index (χ3v) is 9.99. The van der Waals surface area contributed by atoms with Crippen LogP contribution < -0.4 is 20.5 Å². The topological polar surface area (TPSA) is 160 Å². The van der Waals surface area contributed by atoms with Crippen molar-refractivity contribution in [2.45, 2.75) is 52.3 Å². The molecule has 0 atom stereocenters. The van der Waals surface area contributed by atoms with E-state index in [-0.39, 0.29) is 83.2 Å². The van der Waals surface area contributed by atoms with Gasteiger partial charge in [0, 0.05) is 42.7 Å². The van der Waals surface area contributed by atoms with Gasteiger partial charge >= 0.3 is 6.18 Å². The second-order valence-corrected chi connectivity index (χ2v) is 14.2. The Morgan fingerprint density at radius 3 is 2.50 bits per heavy atom. The van der Waals surface area contributed by atoms with Crippen LogP contribution in [0.25, 0.3) is 17.2 Å². The number of aryl methyl sites for hydroxylation is 1. The first kappa shape index (κ1) is 36.6. The molecule has 0 aliphatic carbocycles. The number of carbonyl (C=O) groups excluding carboxylic acids is 2. The Labute approximate surface area is 311 Å². The number of nitrogens with zero attached hydrogens (tertiary/aromatic N) is 8. The lowest BCUT2D eigenvalue weighted by Gasteiger charge is -2.36. The van der Waals surface area contributed by atoms with E-state index in [2.05, 4.69) is 34.2 Å². The van der Waals surface area contributed by atoms with Crippen LogP contribution in [0, 0.1) is 6.92 Å². The molecule has 2 aromatic carbocycles. The van der Waals surface area contributed by atoms with Crippen LogP contribution in [0.3, 0.4) is 0 Å². The molecule has 282 valence electrons. The molecule has 0 saturated carbocycles. The lowest BCUT2D eigenvalue weighted by atomic mass is 9.86.